The topological polar surface area (TPSA) is 57.9 Å². The van der Waals surface area contributed by atoms with E-state index in [1.54, 1.807) is 6.20 Å². The fourth-order valence-corrected chi connectivity index (χ4v) is 2.44. The molecule has 0 bridgehead atoms. The number of rotatable bonds is 3. The van der Waals surface area contributed by atoms with Gasteiger partial charge in [-0.2, -0.15) is 5.26 Å². The largest absolute Gasteiger partial charge is 0.381 e. The van der Waals surface area contributed by atoms with Crippen LogP contribution in [0.15, 0.2) is 30.5 Å². The minimum atomic E-state index is 0.249. The molecule has 19 heavy (non-hydrogen) atoms. The van der Waals surface area contributed by atoms with E-state index in [0.29, 0.717) is 5.56 Å². The number of hydrogen-bond donors (Lipinski definition) is 1. The highest BCUT2D eigenvalue weighted by molar-refractivity contribution is 5.93. The van der Waals surface area contributed by atoms with Crippen molar-refractivity contribution in [2.45, 2.75) is 18.9 Å². The zero-order valence-electron chi connectivity index (χ0n) is 10.6. The van der Waals surface area contributed by atoms with E-state index in [4.69, 9.17) is 4.74 Å². The Balaban J connectivity index is 1.93. The fourth-order valence-electron chi connectivity index (χ4n) is 2.44. The first-order valence-electron chi connectivity index (χ1n) is 6.52. The van der Waals surface area contributed by atoms with Gasteiger partial charge in [0.15, 0.2) is 0 Å². The number of nitriles is 1. The smallest absolute Gasteiger partial charge is 0.103 e. The van der Waals surface area contributed by atoms with Crippen LogP contribution in [0.3, 0.4) is 0 Å². The molecule has 1 fully saturated rings. The number of fused-ring (bicyclic) bond motifs is 1. The molecule has 2 aromatic rings. The summed E-state index contributed by atoms with van der Waals surface area (Å²) in [5.41, 5.74) is 2.34. The Bertz CT molecular complexity index is 627. The average Bonchev–Trinajstić information content (AvgIpc) is 2.97. The van der Waals surface area contributed by atoms with Crippen molar-refractivity contribution in [2.24, 2.45) is 0 Å². The molecule has 1 aromatic heterocycles. The van der Waals surface area contributed by atoms with Crippen LogP contribution >= 0.6 is 0 Å². The van der Waals surface area contributed by atoms with Crippen molar-refractivity contribution < 1.29 is 4.74 Å². The Morgan fingerprint density at radius 1 is 1.42 bits per heavy atom. The van der Waals surface area contributed by atoms with Gasteiger partial charge in [-0.1, -0.05) is 18.2 Å². The van der Waals surface area contributed by atoms with Crippen molar-refractivity contribution in [3.8, 4) is 6.07 Å². The van der Waals surface area contributed by atoms with Crippen LogP contribution in [0.4, 0.5) is 5.69 Å². The predicted octanol–water partition coefficient (Wildman–Crippen LogP) is 2.70. The summed E-state index contributed by atoms with van der Waals surface area (Å²) in [6.45, 7) is 1.58. The summed E-state index contributed by atoms with van der Waals surface area (Å²) in [4.78, 5) is 4.30. The summed E-state index contributed by atoms with van der Waals surface area (Å²) >= 11 is 0. The van der Waals surface area contributed by atoms with Gasteiger partial charge in [0.05, 0.1) is 22.9 Å². The second kappa shape index (κ2) is 5.25. The lowest BCUT2D eigenvalue weighted by atomic mass is 10.1. The van der Waals surface area contributed by atoms with E-state index in [-0.39, 0.29) is 6.10 Å². The lowest BCUT2D eigenvalue weighted by Gasteiger charge is -2.14. The zero-order valence-corrected chi connectivity index (χ0v) is 10.6. The minimum Gasteiger partial charge on any atom is -0.381 e. The summed E-state index contributed by atoms with van der Waals surface area (Å²) < 4.78 is 5.60. The minimum absolute atomic E-state index is 0.249. The molecule has 2 heterocycles. The second-order valence-corrected chi connectivity index (χ2v) is 4.69. The van der Waals surface area contributed by atoms with Crippen molar-refractivity contribution in [1.82, 2.24) is 4.98 Å². The third-order valence-corrected chi connectivity index (χ3v) is 3.43. The molecule has 1 N–H and O–H groups in total. The van der Waals surface area contributed by atoms with Crippen LogP contribution in [-0.2, 0) is 4.74 Å². The molecule has 1 unspecified atom stereocenters. The standard InChI is InChI=1S/C15H15N3O/c16-8-11-9-17-14-6-2-1-5-13(14)15(11)18-10-12-4-3-7-19-12/h1-2,5-6,9,12H,3-4,7,10H2,(H,17,18). The highest BCUT2D eigenvalue weighted by Crippen LogP contribution is 2.26. The van der Waals surface area contributed by atoms with E-state index in [1.165, 1.54) is 0 Å². The maximum absolute atomic E-state index is 9.21. The predicted molar refractivity (Wildman–Crippen MR) is 73.9 cm³/mol. The van der Waals surface area contributed by atoms with Crippen molar-refractivity contribution >= 4 is 16.6 Å². The quantitative estimate of drug-likeness (QED) is 0.913. The number of nitrogens with zero attached hydrogens (tertiary/aromatic N) is 2. The normalized spacial score (nSPS) is 18.4. The number of hydrogen-bond acceptors (Lipinski definition) is 4. The summed E-state index contributed by atoms with van der Waals surface area (Å²) in [7, 11) is 0. The van der Waals surface area contributed by atoms with Crippen LogP contribution < -0.4 is 5.32 Å². The van der Waals surface area contributed by atoms with Crippen LogP contribution in [0, 0.1) is 11.3 Å². The molecule has 3 rings (SSSR count). The van der Waals surface area contributed by atoms with Crippen LogP contribution in [0.25, 0.3) is 10.9 Å². The Hall–Kier alpha value is -2.12. The summed E-state index contributed by atoms with van der Waals surface area (Å²) in [5, 5.41) is 13.6. The highest BCUT2D eigenvalue weighted by atomic mass is 16.5. The van der Waals surface area contributed by atoms with E-state index in [0.717, 1.165) is 42.6 Å². The monoisotopic (exact) mass is 253 g/mol. The maximum Gasteiger partial charge on any atom is 0.103 e. The molecule has 1 aliphatic rings. The molecular weight excluding hydrogens is 238 g/mol. The van der Waals surface area contributed by atoms with E-state index in [1.807, 2.05) is 24.3 Å². The second-order valence-electron chi connectivity index (χ2n) is 4.69. The van der Waals surface area contributed by atoms with E-state index >= 15 is 0 Å². The van der Waals surface area contributed by atoms with E-state index < -0.39 is 0 Å². The zero-order chi connectivity index (χ0) is 13.1. The molecule has 0 amide bonds. The van der Waals surface area contributed by atoms with Gasteiger partial charge < -0.3 is 10.1 Å². The molecule has 0 aliphatic carbocycles. The molecule has 4 nitrogen and oxygen atoms in total. The van der Waals surface area contributed by atoms with Gasteiger partial charge in [-0.3, -0.25) is 4.98 Å². The van der Waals surface area contributed by atoms with Crippen molar-refractivity contribution in [1.29, 1.82) is 5.26 Å². The van der Waals surface area contributed by atoms with Gasteiger partial charge in [0, 0.05) is 24.7 Å². The van der Waals surface area contributed by atoms with E-state index in [9.17, 15) is 5.26 Å². The number of pyridine rings is 1. The molecule has 0 spiro atoms. The third-order valence-electron chi connectivity index (χ3n) is 3.43. The maximum atomic E-state index is 9.21. The Morgan fingerprint density at radius 3 is 3.11 bits per heavy atom. The average molecular weight is 253 g/mol. The molecular formula is C15H15N3O. The molecule has 0 radical (unpaired) electrons. The summed E-state index contributed by atoms with van der Waals surface area (Å²) in [6, 6.07) is 10.0. The first-order valence-corrected chi connectivity index (χ1v) is 6.52. The molecule has 1 aliphatic heterocycles. The lowest BCUT2D eigenvalue weighted by Crippen LogP contribution is -2.19. The van der Waals surface area contributed by atoms with Gasteiger partial charge >= 0.3 is 0 Å². The number of ether oxygens (including phenoxy) is 1. The van der Waals surface area contributed by atoms with Crippen LogP contribution in [0.5, 0.6) is 0 Å². The SMILES string of the molecule is N#Cc1cnc2ccccc2c1NCC1CCCO1. The van der Waals surface area contributed by atoms with Crippen LogP contribution in [0.2, 0.25) is 0 Å². The summed E-state index contributed by atoms with van der Waals surface area (Å²) in [5.74, 6) is 0. The van der Waals surface area contributed by atoms with Gasteiger partial charge in [-0.15, -0.1) is 0 Å². The first-order chi connectivity index (χ1) is 9.38. The van der Waals surface area contributed by atoms with Gasteiger partial charge in [-0.25, -0.2) is 0 Å². The first kappa shape index (κ1) is 11.9. The lowest BCUT2D eigenvalue weighted by molar-refractivity contribution is 0.120. The highest BCUT2D eigenvalue weighted by Gasteiger charge is 2.16. The Morgan fingerprint density at radius 2 is 2.32 bits per heavy atom. The Kier molecular flexibility index (Phi) is 3.30. The van der Waals surface area contributed by atoms with Gasteiger partial charge in [0.1, 0.15) is 6.07 Å². The van der Waals surface area contributed by atoms with Gasteiger partial charge in [0.2, 0.25) is 0 Å². The van der Waals surface area contributed by atoms with Gasteiger partial charge in [0.25, 0.3) is 0 Å². The molecule has 0 saturated carbocycles. The fraction of sp³-hybridized carbons (Fsp3) is 0.333. The number of para-hydroxylation sites is 1. The summed E-state index contributed by atoms with van der Waals surface area (Å²) in [6.07, 6.45) is 4.07. The third kappa shape index (κ3) is 2.38. The van der Waals surface area contributed by atoms with Crippen molar-refractivity contribution in [2.75, 3.05) is 18.5 Å². The van der Waals surface area contributed by atoms with E-state index in [2.05, 4.69) is 16.4 Å². The molecule has 96 valence electrons. The number of benzene rings is 1. The van der Waals surface area contributed by atoms with Crippen molar-refractivity contribution in [3.05, 3.63) is 36.0 Å². The molecule has 1 saturated heterocycles. The number of anilines is 1. The number of aromatic nitrogens is 1. The number of nitrogens with one attached hydrogen (secondary N) is 1. The Labute approximate surface area is 112 Å². The van der Waals surface area contributed by atoms with Gasteiger partial charge in [-0.05, 0) is 18.9 Å². The van der Waals surface area contributed by atoms with Crippen LogP contribution in [0.1, 0.15) is 18.4 Å². The van der Waals surface area contributed by atoms with Crippen molar-refractivity contribution in [3.63, 3.8) is 0 Å². The van der Waals surface area contributed by atoms with Crippen LogP contribution in [-0.4, -0.2) is 24.2 Å². The molecule has 1 atom stereocenters. The molecule has 1 aromatic carbocycles. The molecule has 4 heteroatoms.